The normalized spacial score (nSPS) is 10.9. The molecule has 1 aromatic rings. The van der Waals surface area contributed by atoms with E-state index in [1.165, 1.54) is 18.2 Å². The molecular formula is C9H9ClN2O2S. The van der Waals surface area contributed by atoms with E-state index in [0.29, 0.717) is 6.42 Å². The maximum absolute atomic E-state index is 11.6. The average Bonchev–Trinajstić information content (AvgIpc) is 2.26. The molecule has 0 aliphatic rings. The van der Waals surface area contributed by atoms with Gasteiger partial charge in [0.05, 0.1) is 5.75 Å². The van der Waals surface area contributed by atoms with Crippen LogP contribution in [0.4, 0.5) is 0 Å². The van der Waals surface area contributed by atoms with Crippen LogP contribution in [-0.4, -0.2) is 25.0 Å². The molecule has 1 heterocycles. The second-order valence-electron chi connectivity index (χ2n) is 2.83. The van der Waals surface area contributed by atoms with Crippen molar-refractivity contribution in [3.63, 3.8) is 0 Å². The van der Waals surface area contributed by atoms with Crippen LogP contribution in [0.3, 0.4) is 0 Å². The molecule has 0 aromatic carbocycles. The first-order chi connectivity index (χ1) is 7.10. The van der Waals surface area contributed by atoms with Gasteiger partial charge >= 0.3 is 0 Å². The van der Waals surface area contributed by atoms with E-state index in [2.05, 4.69) is 4.98 Å². The number of hydrogen-bond donors (Lipinski definition) is 0. The Kier molecular flexibility index (Phi) is 4.06. The van der Waals surface area contributed by atoms with Crippen LogP contribution in [0.1, 0.15) is 12.1 Å². The second kappa shape index (κ2) is 5.10. The van der Waals surface area contributed by atoms with Crippen molar-refractivity contribution in [1.82, 2.24) is 4.98 Å². The first kappa shape index (κ1) is 12.0. The molecule has 0 atom stereocenters. The molecule has 0 unspecified atom stereocenters. The summed E-state index contributed by atoms with van der Waals surface area (Å²) < 4.78 is 23.3. The van der Waals surface area contributed by atoms with Crippen LogP contribution in [0.2, 0.25) is 0 Å². The molecule has 80 valence electrons. The van der Waals surface area contributed by atoms with Crippen molar-refractivity contribution in [2.24, 2.45) is 0 Å². The number of hydrogen-bond acceptors (Lipinski definition) is 4. The van der Waals surface area contributed by atoms with Crippen molar-refractivity contribution in [2.45, 2.75) is 11.4 Å². The lowest BCUT2D eigenvalue weighted by Gasteiger charge is -2.01. The average molecular weight is 245 g/mol. The molecule has 0 bridgehead atoms. The van der Waals surface area contributed by atoms with Gasteiger partial charge in [-0.15, -0.1) is 11.6 Å². The number of nitriles is 1. The second-order valence-corrected chi connectivity index (χ2v) is 5.27. The van der Waals surface area contributed by atoms with Crippen molar-refractivity contribution in [2.75, 3.05) is 11.6 Å². The molecule has 0 aliphatic heterocycles. The summed E-state index contributed by atoms with van der Waals surface area (Å²) in [6.07, 6.45) is 0.377. The van der Waals surface area contributed by atoms with Crippen LogP contribution < -0.4 is 0 Å². The van der Waals surface area contributed by atoms with E-state index < -0.39 is 9.84 Å². The van der Waals surface area contributed by atoms with Crippen LogP contribution >= 0.6 is 11.6 Å². The van der Waals surface area contributed by atoms with E-state index in [9.17, 15) is 8.42 Å². The predicted octanol–water partition coefficient (Wildman–Crippen LogP) is 1.36. The monoisotopic (exact) mass is 244 g/mol. The van der Waals surface area contributed by atoms with Gasteiger partial charge in [-0.1, -0.05) is 6.07 Å². The molecule has 0 fully saturated rings. The van der Waals surface area contributed by atoms with Crippen LogP contribution in [0.15, 0.2) is 23.2 Å². The Morgan fingerprint density at radius 1 is 1.47 bits per heavy atom. The maximum atomic E-state index is 11.6. The highest BCUT2D eigenvalue weighted by molar-refractivity contribution is 7.91. The van der Waals surface area contributed by atoms with Gasteiger partial charge in [0.2, 0.25) is 0 Å². The van der Waals surface area contributed by atoms with Gasteiger partial charge in [0.25, 0.3) is 0 Å². The molecule has 0 saturated heterocycles. The largest absolute Gasteiger partial charge is 0.226 e. The smallest absolute Gasteiger partial charge is 0.195 e. The van der Waals surface area contributed by atoms with Gasteiger partial charge in [0, 0.05) is 5.88 Å². The SMILES string of the molecule is N#Cc1cccc(S(=O)(=O)CCCCl)n1. The fourth-order valence-electron chi connectivity index (χ4n) is 0.999. The molecular weight excluding hydrogens is 236 g/mol. The van der Waals surface area contributed by atoms with Crippen molar-refractivity contribution >= 4 is 21.4 Å². The fraction of sp³-hybridized carbons (Fsp3) is 0.333. The number of pyridine rings is 1. The summed E-state index contributed by atoms with van der Waals surface area (Å²) >= 11 is 5.42. The molecule has 0 aliphatic carbocycles. The lowest BCUT2D eigenvalue weighted by atomic mass is 10.4. The van der Waals surface area contributed by atoms with E-state index in [0.717, 1.165) is 0 Å². The van der Waals surface area contributed by atoms with Gasteiger partial charge < -0.3 is 0 Å². The van der Waals surface area contributed by atoms with Crippen LogP contribution in [-0.2, 0) is 9.84 Å². The zero-order valence-corrected chi connectivity index (χ0v) is 9.42. The van der Waals surface area contributed by atoms with Crippen LogP contribution in [0, 0.1) is 11.3 Å². The van der Waals surface area contributed by atoms with Gasteiger partial charge in [-0.3, -0.25) is 0 Å². The zero-order valence-electron chi connectivity index (χ0n) is 7.85. The first-order valence-corrected chi connectivity index (χ1v) is 6.45. The quantitative estimate of drug-likeness (QED) is 0.750. The summed E-state index contributed by atoms with van der Waals surface area (Å²) in [5, 5.41) is 8.51. The lowest BCUT2D eigenvalue weighted by molar-refractivity contribution is 0.591. The number of alkyl halides is 1. The minimum Gasteiger partial charge on any atom is -0.226 e. The Labute approximate surface area is 93.4 Å². The summed E-state index contributed by atoms with van der Waals surface area (Å²) in [7, 11) is -3.40. The summed E-state index contributed by atoms with van der Waals surface area (Å²) in [4.78, 5) is 3.72. The molecule has 1 aromatic heterocycles. The first-order valence-electron chi connectivity index (χ1n) is 4.26. The summed E-state index contributed by atoms with van der Waals surface area (Å²) in [6.45, 7) is 0. The highest BCUT2D eigenvalue weighted by atomic mass is 35.5. The summed E-state index contributed by atoms with van der Waals surface area (Å²) in [5.41, 5.74) is 0.0990. The number of aromatic nitrogens is 1. The standard InChI is InChI=1S/C9H9ClN2O2S/c10-5-2-6-15(13,14)9-4-1-3-8(7-11)12-9/h1,3-4H,2,5-6H2. The highest BCUT2D eigenvalue weighted by Crippen LogP contribution is 2.09. The maximum Gasteiger partial charge on any atom is 0.195 e. The minimum absolute atomic E-state index is 0.0433. The molecule has 1 rings (SSSR count). The molecule has 6 heteroatoms. The Hall–Kier alpha value is -1.12. The Morgan fingerprint density at radius 3 is 2.80 bits per heavy atom. The number of rotatable bonds is 4. The third-order valence-corrected chi connectivity index (χ3v) is 3.66. The van der Waals surface area contributed by atoms with Crippen molar-refractivity contribution < 1.29 is 8.42 Å². The Bertz CT molecular complexity index is 479. The molecule has 0 radical (unpaired) electrons. The van der Waals surface area contributed by atoms with E-state index in [1.807, 2.05) is 0 Å². The third kappa shape index (κ3) is 3.18. The molecule has 0 N–H and O–H groups in total. The van der Waals surface area contributed by atoms with Gasteiger partial charge in [0.1, 0.15) is 11.8 Å². The van der Waals surface area contributed by atoms with Crippen LogP contribution in [0.5, 0.6) is 0 Å². The van der Waals surface area contributed by atoms with Crippen molar-refractivity contribution in [1.29, 1.82) is 5.26 Å². The minimum atomic E-state index is -3.40. The Morgan fingerprint density at radius 2 is 2.20 bits per heavy atom. The topological polar surface area (TPSA) is 70.8 Å². The molecule has 15 heavy (non-hydrogen) atoms. The van der Waals surface area contributed by atoms with Crippen molar-refractivity contribution in [3.8, 4) is 6.07 Å². The summed E-state index contributed by atoms with van der Waals surface area (Å²) in [6, 6.07) is 6.13. The van der Waals surface area contributed by atoms with Gasteiger partial charge in [0.15, 0.2) is 14.9 Å². The molecule has 0 saturated carbocycles. The van der Waals surface area contributed by atoms with E-state index in [4.69, 9.17) is 16.9 Å². The number of halogens is 1. The number of nitrogens with zero attached hydrogens (tertiary/aromatic N) is 2. The van der Waals surface area contributed by atoms with Gasteiger partial charge in [-0.2, -0.15) is 5.26 Å². The predicted molar refractivity (Wildman–Crippen MR) is 56.3 cm³/mol. The third-order valence-electron chi connectivity index (χ3n) is 1.70. The molecule has 0 spiro atoms. The lowest BCUT2D eigenvalue weighted by Crippen LogP contribution is -2.09. The zero-order chi connectivity index (χ0) is 11.3. The van der Waals surface area contributed by atoms with Gasteiger partial charge in [-0.05, 0) is 18.6 Å². The highest BCUT2D eigenvalue weighted by Gasteiger charge is 2.15. The van der Waals surface area contributed by atoms with E-state index >= 15 is 0 Å². The van der Waals surface area contributed by atoms with Crippen molar-refractivity contribution in [3.05, 3.63) is 23.9 Å². The van der Waals surface area contributed by atoms with E-state index in [-0.39, 0.29) is 22.4 Å². The van der Waals surface area contributed by atoms with E-state index in [1.54, 1.807) is 6.07 Å². The van der Waals surface area contributed by atoms with Crippen LogP contribution in [0.25, 0.3) is 0 Å². The fourth-order valence-corrected chi connectivity index (χ4v) is 2.55. The Balaban J connectivity index is 3.01. The number of sulfone groups is 1. The molecule has 4 nitrogen and oxygen atoms in total. The summed E-state index contributed by atoms with van der Waals surface area (Å²) in [5.74, 6) is 0.246. The molecule has 0 amide bonds. The van der Waals surface area contributed by atoms with Gasteiger partial charge in [-0.25, -0.2) is 13.4 Å².